The van der Waals surface area contributed by atoms with Gasteiger partial charge in [-0.3, -0.25) is 4.79 Å². The van der Waals surface area contributed by atoms with Crippen molar-refractivity contribution in [1.29, 1.82) is 0 Å². The molecule has 2 atom stereocenters. The number of benzene rings is 2. The molecular formula is C21H28N2O5S. The van der Waals surface area contributed by atoms with Gasteiger partial charge in [-0.25, -0.2) is 13.1 Å². The molecule has 1 amide bonds. The fraction of sp³-hybridized carbons (Fsp3) is 0.381. The van der Waals surface area contributed by atoms with Crippen LogP contribution in [0.25, 0.3) is 0 Å². The molecule has 7 nitrogen and oxygen atoms in total. The molecule has 2 rings (SSSR count). The number of hydrogen-bond donors (Lipinski definition) is 2. The third-order valence-electron chi connectivity index (χ3n) is 4.65. The minimum absolute atomic E-state index is 0.122. The Morgan fingerprint density at radius 1 is 1.03 bits per heavy atom. The van der Waals surface area contributed by atoms with Crippen molar-refractivity contribution >= 4 is 15.9 Å². The summed E-state index contributed by atoms with van der Waals surface area (Å²) in [5.41, 5.74) is 1.14. The summed E-state index contributed by atoms with van der Waals surface area (Å²) in [7, 11) is -0.477. The Morgan fingerprint density at radius 2 is 1.69 bits per heavy atom. The van der Waals surface area contributed by atoms with Crippen LogP contribution in [-0.2, 0) is 10.0 Å². The van der Waals surface area contributed by atoms with Crippen LogP contribution < -0.4 is 19.5 Å². The predicted molar refractivity (Wildman–Crippen MR) is 112 cm³/mol. The highest BCUT2D eigenvalue weighted by Crippen LogP contribution is 2.29. The van der Waals surface area contributed by atoms with Gasteiger partial charge >= 0.3 is 0 Å². The summed E-state index contributed by atoms with van der Waals surface area (Å²) in [6, 6.07) is 10.7. The molecule has 2 N–H and O–H groups in total. The largest absolute Gasteiger partial charge is 0.497 e. The lowest BCUT2D eigenvalue weighted by molar-refractivity contribution is 0.0939. The van der Waals surface area contributed by atoms with Crippen molar-refractivity contribution in [2.45, 2.75) is 44.2 Å². The number of ether oxygens (including phenoxy) is 2. The lowest BCUT2D eigenvalue weighted by Gasteiger charge is -2.18. The van der Waals surface area contributed by atoms with Crippen molar-refractivity contribution in [2.75, 3.05) is 14.2 Å². The van der Waals surface area contributed by atoms with Crippen LogP contribution in [0.15, 0.2) is 47.4 Å². The van der Waals surface area contributed by atoms with Crippen LogP contribution in [0.1, 0.15) is 49.2 Å². The number of carbonyl (C=O) groups is 1. The fourth-order valence-corrected chi connectivity index (χ4v) is 4.06. The number of sulfonamides is 1. The van der Waals surface area contributed by atoms with E-state index in [1.807, 2.05) is 13.8 Å². The van der Waals surface area contributed by atoms with Gasteiger partial charge in [-0.05, 0) is 62.7 Å². The first-order chi connectivity index (χ1) is 13.7. The molecule has 2 aromatic rings. The van der Waals surface area contributed by atoms with Gasteiger partial charge in [0.15, 0.2) is 0 Å². The van der Waals surface area contributed by atoms with E-state index in [-0.39, 0.29) is 22.9 Å². The monoisotopic (exact) mass is 420 g/mol. The normalized spacial score (nSPS) is 13.4. The number of nitrogens with one attached hydrogen (secondary N) is 2. The van der Waals surface area contributed by atoms with Gasteiger partial charge in [0.05, 0.1) is 25.2 Å². The van der Waals surface area contributed by atoms with E-state index >= 15 is 0 Å². The van der Waals surface area contributed by atoms with Crippen molar-refractivity contribution < 1.29 is 22.7 Å². The van der Waals surface area contributed by atoms with E-state index in [0.717, 1.165) is 5.56 Å². The summed E-state index contributed by atoms with van der Waals surface area (Å²) >= 11 is 0. The van der Waals surface area contributed by atoms with Crippen LogP contribution in [0.5, 0.6) is 11.5 Å². The highest BCUT2D eigenvalue weighted by atomic mass is 32.2. The quantitative estimate of drug-likeness (QED) is 0.649. The summed E-state index contributed by atoms with van der Waals surface area (Å²) in [6.07, 6.45) is 0.686. The van der Waals surface area contributed by atoms with Crippen LogP contribution in [-0.4, -0.2) is 34.6 Å². The zero-order valence-electron chi connectivity index (χ0n) is 17.4. The molecule has 0 heterocycles. The Kier molecular flexibility index (Phi) is 7.64. The Morgan fingerprint density at radius 3 is 2.24 bits per heavy atom. The van der Waals surface area contributed by atoms with E-state index in [2.05, 4.69) is 10.0 Å². The van der Waals surface area contributed by atoms with Gasteiger partial charge < -0.3 is 14.8 Å². The first-order valence-corrected chi connectivity index (χ1v) is 10.8. The number of carbonyl (C=O) groups excluding carboxylic acids is 1. The molecular weight excluding hydrogens is 392 g/mol. The number of amides is 1. The summed E-state index contributed by atoms with van der Waals surface area (Å²) in [5, 5.41) is 2.90. The van der Waals surface area contributed by atoms with Gasteiger partial charge in [0.1, 0.15) is 11.5 Å². The summed E-state index contributed by atoms with van der Waals surface area (Å²) < 4.78 is 37.9. The average Bonchev–Trinajstić information content (AvgIpc) is 2.72. The van der Waals surface area contributed by atoms with Crippen LogP contribution >= 0.6 is 0 Å². The van der Waals surface area contributed by atoms with E-state index in [9.17, 15) is 13.2 Å². The van der Waals surface area contributed by atoms with Crippen molar-refractivity contribution in [3.05, 3.63) is 53.6 Å². The molecule has 0 radical (unpaired) electrons. The van der Waals surface area contributed by atoms with Crippen molar-refractivity contribution in [3.8, 4) is 11.5 Å². The molecule has 0 aliphatic heterocycles. The van der Waals surface area contributed by atoms with Crippen LogP contribution in [0.2, 0.25) is 0 Å². The standard InChI is InChI=1S/C21H28N2O5S/c1-6-14(2)23-29(25,26)18-10-7-16(8-11-18)21(24)22-15(3)19-13-17(27-4)9-12-20(19)28-5/h7-15,23H,6H2,1-5H3,(H,22,24)/t14-,15-/m1/s1. The topological polar surface area (TPSA) is 93.7 Å². The lowest BCUT2D eigenvalue weighted by Crippen LogP contribution is -2.32. The first kappa shape index (κ1) is 22.7. The minimum Gasteiger partial charge on any atom is -0.497 e. The van der Waals surface area contributed by atoms with Gasteiger partial charge in [-0.1, -0.05) is 6.92 Å². The van der Waals surface area contributed by atoms with Crippen LogP contribution in [0.4, 0.5) is 0 Å². The molecule has 29 heavy (non-hydrogen) atoms. The smallest absolute Gasteiger partial charge is 0.251 e. The molecule has 158 valence electrons. The molecule has 0 saturated carbocycles. The molecule has 0 saturated heterocycles. The van der Waals surface area contributed by atoms with E-state index in [1.54, 1.807) is 39.3 Å². The van der Waals surface area contributed by atoms with Crippen LogP contribution in [0.3, 0.4) is 0 Å². The van der Waals surface area contributed by atoms with Crippen molar-refractivity contribution in [2.24, 2.45) is 0 Å². The fourth-order valence-electron chi connectivity index (χ4n) is 2.74. The van der Waals surface area contributed by atoms with Crippen molar-refractivity contribution in [3.63, 3.8) is 0 Å². The van der Waals surface area contributed by atoms with E-state index in [0.29, 0.717) is 23.5 Å². The zero-order valence-corrected chi connectivity index (χ0v) is 18.2. The van der Waals surface area contributed by atoms with Gasteiger partial charge in [0, 0.05) is 17.2 Å². The lowest BCUT2D eigenvalue weighted by atomic mass is 10.1. The van der Waals surface area contributed by atoms with E-state index < -0.39 is 10.0 Å². The maximum absolute atomic E-state index is 12.6. The van der Waals surface area contributed by atoms with E-state index in [1.165, 1.54) is 24.3 Å². The molecule has 0 aliphatic rings. The second-order valence-corrected chi connectivity index (χ2v) is 8.47. The van der Waals surface area contributed by atoms with E-state index in [4.69, 9.17) is 9.47 Å². The minimum atomic E-state index is -3.61. The Bertz CT molecular complexity index is 942. The maximum Gasteiger partial charge on any atom is 0.251 e. The number of rotatable bonds is 9. The highest BCUT2D eigenvalue weighted by Gasteiger charge is 2.19. The highest BCUT2D eigenvalue weighted by molar-refractivity contribution is 7.89. The van der Waals surface area contributed by atoms with Gasteiger partial charge in [0.2, 0.25) is 10.0 Å². The zero-order chi connectivity index (χ0) is 21.6. The van der Waals surface area contributed by atoms with Gasteiger partial charge in [0.25, 0.3) is 5.91 Å². The van der Waals surface area contributed by atoms with Crippen LogP contribution in [0, 0.1) is 0 Å². The molecule has 2 aromatic carbocycles. The molecule has 0 aliphatic carbocycles. The molecule has 0 aromatic heterocycles. The SMILES string of the molecule is CC[C@@H](C)NS(=O)(=O)c1ccc(C(=O)N[C@H](C)c2cc(OC)ccc2OC)cc1. The third kappa shape index (κ3) is 5.71. The summed E-state index contributed by atoms with van der Waals surface area (Å²) in [4.78, 5) is 12.7. The van der Waals surface area contributed by atoms with Crippen molar-refractivity contribution in [1.82, 2.24) is 10.0 Å². The Labute approximate surface area is 172 Å². The first-order valence-electron chi connectivity index (χ1n) is 9.37. The Hall–Kier alpha value is -2.58. The third-order valence-corrected chi connectivity index (χ3v) is 6.25. The molecule has 8 heteroatoms. The Balaban J connectivity index is 2.15. The molecule has 0 unspecified atom stereocenters. The maximum atomic E-state index is 12.6. The second-order valence-electron chi connectivity index (χ2n) is 6.76. The number of hydrogen-bond acceptors (Lipinski definition) is 5. The summed E-state index contributed by atoms with van der Waals surface area (Å²) in [6.45, 7) is 5.54. The molecule has 0 bridgehead atoms. The molecule has 0 spiro atoms. The molecule has 0 fully saturated rings. The predicted octanol–water partition coefficient (Wildman–Crippen LogP) is 3.27. The number of methoxy groups -OCH3 is 2. The summed E-state index contributed by atoms with van der Waals surface area (Å²) in [5.74, 6) is 0.975. The van der Waals surface area contributed by atoms with Gasteiger partial charge in [-0.15, -0.1) is 0 Å². The average molecular weight is 421 g/mol. The second kappa shape index (κ2) is 9.76. The van der Waals surface area contributed by atoms with Gasteiger partial charge in [-0.2, -0.15) is 0 Å².